The lowest BCUT2D eigenvalue weighted by atomic mass is 9.80. The number of hydrogen-bond acceptors (Lipinski definition) is 4. The fraction of sp³-hybridized carbons (Fsp3) is 0.217. The van der Waals surface area contributed by atoms with E-state index in [1.165, 1.54) is 16.7 Å². The van der Waals surface area contributed by atoms with Crippen LogP contribution in [0.1, 0.15) is 84.9 Å². The van der Waals surface area contributed by atoms with Crippen LogP contribution < -0.4 is 9.80 Å². The maximum atomic E-state index is 11.9. The van der Waals surface area contributed by atoms with Crippen molar-refractivity contribution in [2.45, 2.75) is 58.3 Å². The van der Waals surface area contributed by atoms with Crippen LogP contribution in [-0.2, 0) is 10.8 Å². The fourth-order valence-corrected chi connectivity index (χ4v) is 8.33. The molecule has 0 bridgehead atoms. The number of carbonyl (C=O) groups is 2. The lowest BCUT2D eigenvalue weighted by molar-refractivity contribution is 0.0686. The van der Waals surface area contributed by atoms with E-state index in [1.807, 2.05) is 30.3 Å². The molecule has 0 atom stereocenters. The minimum atomic E-state index is -0.926. The van der Waals surface area contributed by atoms with Gasteiger partial charge in [-0.1, -0.05) is 88.4 Å². The Kier molecular flexibility index (Phi) is 8.66. The van der Waals surface area contributed by atoms with Crippen molar-refractivity contribution in [2.75, 3.05) is 16.8 Å². The van der Waals surface area contributed by atoms with Gasteiger partial charge in [-0.3, -0.25) is 0 Å². The Morgan fingerprint density at radius 3 is 1.88 bits per heavy atom. The van der Waals surface area contributed by atoms with Crippen molar-refractivity contribution in [3.63, 3.8) is 0 Å². The molecule has 2 N–H and O–H groups in total. The Labute approximate surface area is 306 Å². The minimum absolute atomic E-state index is 0.292. The highest BCUT2D eigenvalue weighted by molar-refractivity contribution is 5.91. The van der Waals surface area contributed by atoms with Crippen molar-refractivity contribution in [2.24, 2.45) is 0 Å². The number of para-hydroxylation sites is 2. The SMILES string of the molecule is CC1=C(/C=C/C2=C(N(c3ccccc3)c3ccccc3)C(=C/C=C3/N(C)c4ccc(C(=O)O)cc4C3(C)C)CC2)C(C)(C)c2cc(C(=O)O)ccc21. The van der Waals surface area contributed by atoms with E-state index in [4.69, 9.17) is 0 Å². The van der Waals surface area contributed by atoms with E-state index >= 15 is 0 Å². The summed E-state index contributed by atoms with van der Waals surface area (Å²) in [5.41, 5.74) is 13.1. The molecule has 1 heterocycles. The lowest BCUT2D eigenvalue weighted by Crippen LogP contribution is -2.23. The van der Waals surface area contributed by atoms with Crippen LogP contribution in [0.2, 0.25) is 0 Å². The summed E-state index contributed by atoms with van der Waals surface area (Å²) in [7, 11) is 2.05. The molecule has 262 valence electrons. The predicted molar refractivity (Wildman–Crippen MR) is 210 cm³/mol. The molecule has 0 unspecified atom stereocenters. The van der Waals surface area contributed by atoms with Crippen molar-refractivity contribution < 1.29 is 19.8 Å². The molecule has 0 aromatic heterocycles. The zero-order chi connectivity index (χ0) is 36.9. The average molecular weight is 689 g/mol. The van der Waals surface area contributed by atoms with Gasteiger partial charge in [0.2, 0.25) is 0 Å². The molecule has 1 aliphatic heterocycles. The predicted octanol–water partition coefficient (Wildman–Crippen LogP) is 10.8. The molecule has 6 heteroatoms. The molecule has 0 radical (unpaired) electrons. The number of nitrogens with zero attached hydrogens (tertiary/aromatic N) is 2. The largest absolute Gasteiger partial charge is 0.478 e. The second-order valence-electron chi connectivity index (χ2n) is 14.9. The van der Waals surface area contributed by atoms with E-state index in [1.54, 1.807) is 18.2 Å². The van der Waals surface area contributed by atoms with Crippen LogP contribution in [0.3, 0.4) is 0 Å². The molecule has 2 aliphatic carbocycles. The summed E-state index contributed by atoms with van der Waals surface area (Å²) in [6.07, 6.45) is 10.7. The second-order valence-corrected chi connectivity index (χ2v) is 14.9. The molecule has 4 aromatic carbocycles. The van der Waals surface area contributed by atoms with Crippen molar-refractivity contribution in [3.8, 4) is 0 Å². The first-order chi connectivity index (χ1) is 24.8. The Morgan fingerprint density at radius 2 is 1.29 bits per heavy atom. The van der Waals surface area contributed by atoms with Gasteiger partial charge in [0.05, 0.1) is 16.8 Å². The Bertz CT molecular complexity index is 2230. The zero-order valence-electron chi connectivity index (χ0n) is 30.6. The summed E-state index contributed by atoms with van der Waals surface area (Å²) >= 11 is 0. The third-order valence-corrected chi connectivity index (χ3v) is 11.1. The molecular formula is C46H44N2O4. The van der Waals surface area contributed by atoms with Crippen LogP contribution in [0.15, 0.2) is 149 Å². The van der Waals surface area contributed by atoms with Crippen LogP contribution >= 0.6 is 0 Å². The molecular weight excluding hydrogens is 645 g/mol. The number of rotatable bonds is 8. The standard InChI is InChI=1S/C46H44N2O4/c1-29-36-23-19-32(43(49)50)27-38(36)45(2,3)37(29)24-20-30-17-18-31(42(30)48(34-13-9-7-10-14-34)35-15-11-8-12-16-35)22-26-41-46(4,5)39-28-33(44(51)52)21-25-40(39)47(41)6/h7-16,19-28H,17-18H2,1-6H3,(H,49,50)(H,51,52)/b24-20+,31-22?,41-26+. The Morgan fingerprint density at radius 1 is 0.712 bits per heavy atom. The van der Waals surface area contributed by atoms with E-state index in [-0.39, 0.29) is 5.41 Å². The monoisotopic (exact) mass is 688 g/mol. The number of carboxylic acids is 2. The van der Waals surface area contributed by atoms with Crippen molar-refractivity contribution >= 4 is 34.6 Å². The molecule has 3 aliphatic rings. The highest BCUT2D eigenvalue weighted by Gasteiger charge is 2.39. The molecule has 0 spiro atoms. The van der Waals surface area contributed by atoms with Gasteiger partial charge in [0.25, 0.3) is 0 Å². The summed E-state index contributed by atoms with van der Waals surface area (Å²) in [4.78, 5) is 28.2. The molecule has 0 saturated carbocycles. The molecule has 52 heavy (non-hydrogen) atoms. The first-order valence-electron chi connectivity index (χ1n) is 17.7. The third-order valence-electron chi connectivity index (χ3n) is 11.1. The topological polar surface area (TPSA) is 81.1 Å². The first kappa shape index (κ1) is 34.6. The maximum Gasteiger partial charge on any atom is 0.335 e. The number of fused-ring (bicyclic) bond motifs is 2. The van der Waals surface area contributed by atoms with Gasteiger partial charge in [-0.25, -0.2) is 9.59 Å². The minimum Gasteiger partial charge on any atom is -0.478 e. The number of allylic oxidation sites excluding steroid dienone is 9. The normalized spacial score (nSPS) is 18.8. The number of anilines is 3. The fourth-order valence-electron chi connectivity index (χ4n) is 8.33. The number of aromatic carboxylic acids is 2. The Hall–Kier alpha value is -5.88. The van der Waals surface area contributed by atoms with Gasteiger partial charge < -0.3 is 20.0 Å². The smallest absolute Gasteiger partial charge is 0.335 e. The van der Waals surface area contributed by atoms with E-state index in [0.717, 1.165) is 63.6 Å². The van der Waals surface area contributed by atoms with Crippen LogP contribution in [0, 0.1) is 0 Å². The van der Waals surface area contributed by atoms with Crippen LogP contribution in [0.4, 0.5) is 17.1 Å². The van der Waals surface area contributed by atoms with E-state index in [9.17, 15) is 19.8 Å². The highest BCUT2D eigenvalue weighted by Crippen LogP contribution is 2.50. The maximum absolute atomic E-state index is 11.9. The van der Waals surface area contributed by atoms with Gasteiger partial charge >= 0.3 is 11.9 Å². The van der Waals surface area contributed by atoms with Crippen LogP contribution in [-0.4, -0.2) is 29.2 Å². The van der Waals surface area contributed by atoms with Gasteiger partial charge in [-0.15, -0.1) is 0 Å². The molecule has 0 amide bonds. The summed E-state index contributed by atoms with van der Waals surface area (Å²) in [5.74, 6) is -1.84. The van der Waals surface area contributed by atoms with Gasteiger partial charge in [0.15, 0.2) is 0 Å². The Balaban J connectivity index is 1.36. The summed E-state index contributed by atoms with van der Waals surface area (Å²) in [6, 6.07) is 31.8. The molecule has 0 fully saturated rings. The van der Waals surface area contributed by atoms with Crippen LogP contribution in [0.5, 0.6) is 0 Å². The number of benzene rings is 4. The van der Waals surface area contributed by atoms with Gasteiger partial charge in [0, 0.05) is 40.6 Å². The summed E-state index contributed by atoms with van der Waals surface area (Å²) in [6.45, 7) is 10.8. The van der Waals surface area contributed by atoms with Gasteiger partial charge in [-0.2, -0.15) is 0 Å². The highest BCUT2D eigenvalue weighted by atomic mass is 16.4. The number of hydrogen-bond donors (Lipinski definition) is 2. The van der Waals surface area contributed by atoms with Gasteiger partial charge in [-0.05, 0) is 119 Å². The van der Waals surface area contributed by atoms with Crippen molar-refractivity contribution in [1.29, 1.82) is 0 Å². The van der Waals surface area contributed by atoms with E-state index in [2.05, 4.69) is 124 Å². The molecule has 0 saturated heterocycles. The van der Waals surface area contributed by atoms with Gasteiger partial charge in [0.1, 0.15) is 0 Å². The van der Waals surface area contributed by atoms with Crippen molar-refractivity contribution in [1.82, 2.24) is 0 Å². The lowest BCUT2D eigenvalue weighted by Gasteiger charge is -2.29. The van der Waals surface area contributed by atoms with Crippen LogP contribution in [0.25, 0.3) is 5.57 Å². The second kappa shape index (κ2) is 13.0. The summed E-state index contributed by atoms with van der Waals surface area (Å²) in [5, 5.41) is 19.4. The first-order valence-corrected chi connectivity index (χ1v) is 17.7. The number of carboxylic acid groups (broad SMARTS) is 2. The van der Waals surface area contributed by atoms with E-state index in [0.29, 0.717) is 11.1 Å². The molecule has 6 nitrogen and oxygen atoms in total. The average Bonchev–Trinajstić information content (AvgIpc) is 3.68. The summed E-state index contributed by atoms with van der Waals surface area (Å²) < 4.78 is 0. The third kappa shape index (κ3) is 5.78. The zero-order valence-corrected chi connectivity index (χ0v) is 30.6. The van der Waals surface area contributed by atoms with E-state index < -0.39 is 17.4 Å². The molecule has 7 rings (SSSR count). The van der Waals surface area contributed by atoms with Crippen molar-refractivity contribution in [3.05, 3.63) is 177 Å². The quantitative estimate of drug-likeness (QED) is 0.192. The number of likely N-dealkylation sites (N-methyl/N-ethyl adjacent to an activating group) is 1. The molecule has 4 aromatic rings.